The molecule has 0 aliphatic heterocycles. The molecule has 156 valence electrons. The molecule has 0 radical (unpaired) electrons. The van der Waals surface area contributed by atoms with E-state index in [0.717, 1.165) is 10.9 Å². The van der Waals surface area contributed by atoms with E-state index >= 15 is 0 Å². The summed E-state index contributed by atoms with van der Waals surface area (Å²) in [6.45, 7) is -0.115. The van der Waals surface area contributed by atoms with E-state index in [1.807, 2.05) is 24.3 Å². The van der Waals surface area contributed by atoms with Gasteiger partial charge in [-0.05, 0) is 39.7 Å². The number of rotatable bonds is 7. The number of H-pyrrole nitrogens is 1. The number of fused-ring (bicyclic) bond motifs is 1. The summed E-state index contributed by atoms with van der Waals surface area (Å²) in [7, 11) is 4.81. The van der Waals surface area contributed by atoms with Gasteiger partial charge in [-0.1, -0.05) is 18.2 Å². The lowest BCUT2D eigenvalue weighted by molar-refractivity contribution is -0.130. The Hall–Kier alpha value is -3.33. The molecule has 2 N–H and O–H groups in total. The quantitative estimate of drug-likeness (QED) is 0.407. The molecule has 8 nitrogen and oxygen atoms in total. The minimum atomic E-state index is -0.322. The van der Waals surface area contributed by atoms with Gasteiger partial charge in [0.15, 0.2) is 18.1 Å². The SMILES string of the molecule is COc1cc(/C=N\NC(=O)c2c[nH]c3ccccc23)cc(Br)c1OCC(=O)N(C)C. The highest BCUT2D eigenvalue weighted by molar-refractivity contribution is 9.10. The number of aromatic amines is 1. The Kier molecular flexibility index (Phi) is 6.73. The number of halogens is 1. The molecule has 2 amide bonds. The molecule has 3 rings (SSSR count). The second kappa shape index (κ2) is 9.45. The van der Waals surface area contributed by atoms with Crippen LogP contribution in [0.4, 0.5) is 0 Å². The maximum absolute atomic E-state index is 12.4. The second-order valence-corrected chi connectivity index (χ2v) is 7.41. The molecule has 3 aromatic rings. The Balaban J connectivity index is 1.71. The number of hydrogen-bond acceptors (Lipinski definition) is 5. The third-order valence-corrected chi connectivity index (χ3v) is 4.89. The van der Waals surface area contributed by atoms with Gasteiger partial charge in [-0.2, -0.15) is 5.10 Å². The van der Waals surface area contributed by atoms with Crippen molar-refractivity contribution < 1.29 is 19.1 Å². The van der Waals surface area contributed by atoms with Gasteiger partial charge in [0.05, 0.1) is 23.4 Å². The Morgan fingerprint density at radius 1 is 1.27 bits per heavy atom. The van der Waals surface area contributed by atoms with Gasteiger partial charge in [0, 0.05) is 31.2 Å². The van der Waals surface area contributed by atoms with Gasteiger partial charge in [0.2, 0.25) is 0 Å². The minimum Gasteiger partial charge on any atom is -0.493 e. The molecule has 0 fully saturated rings. The number of hydrogen-bond donors (Lipinski definition) is 2. The molecule has 30 heavy (non-hydrogen) atoms. The van der Waals surface area contributed by atoms with E-state index in [2.05, 4.69) is 31.4 Å². The van der Waals surface area contributed by atoms with Gasteiger partial charge in [0.25, 0.3) is 11.8 Å². The molecule has 0 atom stereocenters. The van der Waals surface area contributed by atoms with Gasteiger partial charge < -0.3 is 19.4 Å². The number of aromatic nitrogens is 1. The van der Waals surface area contributed by atoms with Crippen LogP contribution in [0, 0.1) is 0 Å². The van der Waals surface area contributed by atoms with Crippen molar-refractivity contribution in [3.63, 3.8) is 0 Å². The monoisotopic (exact) mass is 472 g/mol. The summed E-state index contributed by atoms with van der Waals surface area (Å²) in [6.07, 6.45) is 3.14. The van der Waals surface area contributed by atoms with E-state index in [0.29, 0.717) is 27.1 Å². The number of hydrazone groups is 1. The van der Waals surface area contributed by atoms with E-state index < -0.39 is 0 Å². The van der Waals surface area contributed by atoms with E-state index in [1.54, 1.807) is 32.4 Å². The first kappa shape index (κ1) is 21.4. The van der Waals surface area contributed by atoms with Crippen LogP contribution in [0.5, 0.6) is 11.5 Å². The number of amides is 2. The van der Waals surface area contributed by atoms with Crippen molar-refractivity contribution in [3.8, 4) is 11.5 Å². The molecular weight excluding hydrogens is 452 g/mol. The third kappa shape index (κ3) is 4.80. The smallest absolute Gasteiger partial charge is 0.273 e. The normalized spacial score (nSPS) is 10.9. The Morgan fingerprint density at radius 2 is 2.03 bits per heavy atom. The number of carbonyl (C=O) groups is 2. The minimum absolute atomic E-state index is 0.115. The van der Waals surface area contributed by atoms with E-state index in [4.69, 9.17) is 9.47 Å². The number of para-hydroxylation sites is 1. The van der Waals surface area contributed by atoms with Crippen molar-refractivity contribution >= 4 is 44.9 Å². The highest BCUT2D eigenvalue weighted by Gasteiger charge is 2.14. The van der Waals surface area contributed by atoms with Gasteiger partial charge >= 0.3 is 0 Å². The topological polar surface area (TPSA) is 96.0 Å². The predicted molar refractivity (Wildman–Crippen MR) is 118 cm³/mol. The van der Waals surface area contributed by atoms with Crippen molar-refractivity contribution in [3.05, 3.63) is 58.2 Å². The molecule has 0 saturated carbocycles. The number of nitrogens with zero attached hydrogens (tertiary/aromatic N) is 2. The van der Waals surface area contributed by atoms with Crippen molar-refractivity contribution in [1.82, 2.24) is 15.3 Å². The van der Waals surface area contributed by atoms with Crippen LogP contribution in [-0.2, 0) is 4.79 Å². The van der Waals surface area contributed by atoms with Crippen LogP contribution in [0.2, 0.25) is 0 Å². The summed E-state index contributed by atoms with van der Waals surface area (Å²) in [6, 6.07) is 11.0. The number of likely N-dealkylation sites (N-methyl/N-ethyl adjacent to an activating group) is 1. The molecule has 0 saturated heterocycles. The fourth-order valence-corrected chi connectivity index (χ4v) is 3.28. The molecule has 0 bridgehead atoms. The lowest BCUT2D eigenvalue weighted by Crippen LogP contribution is -2.27. The van der Waals surface area contributed by atoms with Gasteiger partial charge in [-0.3, -0.25) is 9.59 Å². The third-order valence-electron chi connectivity index (χ3n) is 4.30. The molecule has 1 aromatic heterocycles. The summed E-state index contributed by atoms with van der Waals surface area (Å²) in [5.41, 5.74) is 4.58. The molecule has 0 aliphatic rings. The zero-order chi connectivity index (χ0) is 21.7. The lowest BCUT2D eigenvalue weighted by Gasteiger charge is -2.15. The van der Waals surface area contributed by atoms with Crippen molar-refractivity contribution in [2.75, 3.05) is 27.8 Å². The van der Waals surface area contributed by atoms with Gasteiger partial charge in [0.1, 0.15) is 0 Å². The van der Waals surface area contributed by atoms with Crippen LogP contribution < -0.4 is 14.9 Å². The number of carbonyl (C=O) groups excluding carboxylic acids is 2. The maximum atomic E-state index is 12.4. The maximum Gasteiger partial charge on any atom is 0.273 e. The molecule has 1 heterocycles. The lowest BCUT2D eigenvalue weighted by atomic mass is 10.2. The number of methoxy groups -OCH3 is 1. The summed E-state index contributed by atoms with van der Waals surface area (Å²) >= 11 is 3.42. The van der Waals surface area contributed by atoms with Crippen LogP contribution in [-0.4, -0.2) is 55.7 Å². The van der Waals surface area contributed by atoms with Crippen LogP contribution in [0.1, 0.15) is 15.9 Å². The summed E-state index contributed by atoms with van der Waals surface area (Å²) in [5, 5.41) is 4.85. The second-order valence-electron chi connectivity index (χ2n) is 6.56. The van der Waals surface area contributed by atoms with Gasteiger partial charge in [-0.15, -0.1) is 0 Å². The molecular formula is C21H21BrN4O4. The fourth-order valence-electron chi connectivity index (χ4n) is 2.70. The average Bonchev–Trinajstić information content (AvgIpc) is 3.16. The molecule has 2 aromatic carbocycles. The highest BCUT2D eigenvalue weighted by Crippen LogP contribution is 2.36. The fraction of sp³-hybridized carbons (Fsp3) is 0.190. The van der Waals surface area contributed by atoms with Crippen molar-refractivity contribution in [1.29, 1.82) is 0 Å². The van der Waals surface area contributed by atoms with Crippen LogP contribution in [0.15, 0.2) is 52.2 Å². The number of benzene rings is 2. The number of ether oxygens (including phenoxy) is 2. The summed E-state index contributed by atoms with van der Waals surface area (Å²) in [5.74, 6) is 0.347. The van der Waals surface area contributed by atoms with Crippen molar-refractivity contribution in [2.45, 2.75) is 0 Å². The molecule has 0 spiro atoms. The molecule has 0 aliphatic carbocycles. The largest absolute Gasteiger partial charge is 0.493 e. The van der Waals surface area contributed by atoms with Crippen LogP contribution in [0.25, 0.3) is 10.9 Å². The Labute approximate surface area is 182 Å². The van der Waals surface area contributed by atoms with Crippen LogP contribution in [0.3, 0.4) is 0 Å². The number of nitrogens with one attached hydrogen (secondary N) is 2. The molecule has 9 heteroatoms. The average molecular weight is 473 g/mol. The molecule has 0 unspecified atom stereocenters. The Bertz CT molecular complexity index is 1110. The first-order valence-corrected chi connectivity index (χ1v) is 9.80. The van der Waals surface area contributed by atoms with E-state index in [-0.39, 0.29) is 18.4 Å². The summed E-state index contributed by atoms with van der Waals surface area (Å²) < 4.78 is 11.5. The highest BCUT2D eigenvalue weighted by atomic mass is 79.9. The van der Waals surface area contributed by atoms with Crippen molar-refractivity contribution in [2.24, 2.45) is 5.10 Å². The first-order valence-electron chi connectivity index (χ1n) is 9.00. The first-order chi connectivity index (χ1) is 14.4. The van der Waals surface area contributed by atoms with Crippen LogP contribution >= 0.6 is 15.9 Å². The standard InChI is InChI=1S/C21H21BrN4O4/c1-26(2)19(27)12-30-20-16(22)8-13(9-18(20)29-3)10-24-25-21(28)15-11-23-17-7-5-4-6-14(15)17/h4-11,23H,12H2,1-3H3,(H,25,28)/b24-10-. The van der Waals surface area contributed by atoms with E-state index in [9.17, 15) is 9.59 Å². The zero-order valence-corrected chi connectivity index (χ0v) is 18.3. The van der Waals surface area contributed by atoms with Gasteiger partial charge in [-0.25, -0.2) is 5.43 Å². The van der Waals surface area contributed by atoms with E-state index in [1.165, 1.54) is 18.2 Å². The zero-order valence-electron chi connectivity index (χ0n) is 16.7. The summed E-state index contributed by atoms with van der Waals surface area (Å²) in [4.78, 5) is 28.7. The Morgan fingerprint density at radius 3 is 2.77 bits per heavy atom. The predicted octanol–water partition coefficient (Wildman–Crippen LogP) is 3.17.